The van der Waals surface area contributed by atoms with Gasteiger partial charge in [0.15, 0.2) is 5.82 Å². The van der Waals surface area contributed by atoms with Gasteiger partial charge in [-0.05, 0) is 19.3 Å². The van der Waals surface area contributed by atoms with E-state index < -0.39 is 0 Å². The van der Waals surface area contributed by atoms with E-state index in [9.17, 15) is 5.11 Å². The smallest absolute Gasteiger partial charge is 0.226 e. The van der Waals surface area contributed by atoms with Crippen molar-refractivity contribution in [2.24, 2.45) is 0 Å². The molecule has 96 valence electrons. The van der Waals surface area contributed by atoms with E-state index in [0.29, 0.717) is 0 Å². The molecule has 5 nitrogen and oxygen atoms in total. The van der Waals surface area contributed by atoms with Crippen molar-refractivity contribution in [3.05, 3.63) is 11.7 Å². The molecule has 0 unspecified atom stereocenters. The average Bonchev–Trinajstić information content (AvgIpc) is 2.77. The van der Waals surface area contributed by atoms with Crippen molar-refractivity contribution < 1.29 is 9.63 Å². The molecule has 0 aliphatic carbocycles. The monoisotopic (exact) mass is 239 g/mol. The van der Waals surface area contributed by atoms with Crippen molar-refractivity contribution in [3.63, 3.8) is 0 Å². The normalized spacial score (nSPS) is 18.7. The summed E-state index contributed by atoms with van der Waals surface area (Å²) in [5.41, 5.74) is 0. The fourth-order valence-electron chi connectivity index (χ4n) is 2.06. The van der Waals surface area contributed by atoms with Crippen molar-refractivity contribution in [2.75, 3.05) is 13.1 Å². The van der Waals surface area contributed by atoms with E-state index in [2.05, 4.69) is 22.0 Å². The van der Waals surface area contributed by atoms with Crippen LogP contribution in [0.1, 0.15) is 44.3 Å². The van der Waals surface area contributed by atoms with Crippen molar-refractivity contribution in [1.29, 1.82) is 0 Å². The zero-order chi connectivity index (χ0) is 12.1. The van der Waals surface area contributed by atoms with E-state index in [4.69, 9.17) is 4.52 Å². The lowest BCUT2D eigenvalue weighted by Crippen LogP contribution is -2.35. The van der Waals surface area contributed by atoms with Crippen molar-refractivity contribution in [3.8, 4) is 0 Å². The fourth-order valence-corrected chi connectivity index (χ4v) is 2.06. The molecule has 0 saturated carbocycles. The molecular formula is C12H21N3O2. The summed E-state index contributed by atoms with van der Waals surface area (Å²) < 4.78 is 5.19. The molecule has 0 bridgehead atoms. The number of unbranched alkanes of at least 4 members (excludes halogenated alkanes) is 1. The van der Waals surface area contributed by atoms with Crippen molar-refractivity contribution in [1.82, 2.24) is 15.0 Å². The van der Waals surface area contributed by atoms with Crippen LogP contribution in [0.2, 0.25) is 0 Å². The van der Waals surface area contributed by atoms with Crippen LogP contribution in [0.15, 0.2) is 4.52 Å². The van der Waals surface area contributed by atoms with Gasteiger partial charge in [-0.1, -0.05) is 18.5 Å². The van der Waals surface area contributed by atoms with E-state index in [1.165, 1.54) is 0 Å². The Labute approximate surface area is 102 Å². The molecule has 1 aromatic rings. The lowest BCUT2D eigenvalue weighted by atomic mass is 10.1. The molecule has 1 saturated heterocycles. The van der Waals surface area contributed by atoms with Crippen LogP contribution in [-0.4, -0.2) is 39.3 Å². The van der Waals surface area contributed by atoms with E-state index in [1.54, 1.807) is 0 Å². The minimum atomic E-state index is -0.128. The summed E-state index contributed by atoms with van der Waals surface area (Å²) in [6.45, 7) is 4.72. The highest BCUT2D eigenvalue weighted by atomic mass is 16.5. The summed E-state index contributed by atoms with van der Waals surface area (Å²) >= 11 is 0. The van der Waals surface area contributed by atoms with Crippen molar-refractivity contribution in [2.45, 2.75) is 51.7 Å². The zero-order valence-corrected chi connectivity index (χ0v) is 10.4. The number of piperidine rings is 1. The number of aryl methyl sites for hydroxylation is 1. The molecule has 1 aliphatic heterocycles. The highest BCUT2D eigenvalue weighted by molar-refractivity contribution is 4.87. The Morgan fingerprint density at radius 2 is 2.18 bits per heavy atom. The highest BCUT2D eigenvalue weighted by Gasteiger charge is 2.18. The summed E-state index contributed by atoms with van der Waals surface area (Å²) in [6.07, 6.45) is 4.68. The molecule has 0 aromatic carbocycles. The van der Waals surface area contributed by atoms with Crippen LogP contribution in [-0.2, 0) is 13.0 Å². The Kier molecular flexibility index (Phi) is 4.50. The first-order valence-electron chi connectivity index (χ1n) is 6.50. The summed E-state index contributed by atoms with van der Waals surface area (Å²) in [4.78, 5) is 6.64. The number of hydrogen-bond donors (Lipinski definition) is 1. The predicted molar refractivity (Wildman–Crippen MR) is 63.4 cm³/mol. The van der Waals surface area contributed by atoms with Crippen LogP contribution in [0.5, 0.6) is 0 Å². The molecule has 1 fully saturated rings. The van der Waals surface area contributed by atoms with Crippen molar-refractivity contribution >= 4 is 0 Å². The van der Waals surface area contributed by atoms with Gasteiger partial charge >= 0.3 is 0 Å². The summed E-state index contributed by atoms with van der Waals surface area (Å²) in [5, 5.41) is 13.4. The van der Waals surface area contributed by atoms with E-state index >= 15 is 0 Å². The largest absolute Gasteiger partial charge is 0.393 e. The van der Waals surface area contributed by atoms with Crippen LogP contribution in [0.4, 0.5) is 0 Å². The molecule has 0 radical (unpaired) electrons. The number of likely N-dealkylation sites (tertiary alicyclic amines) is 1. The number of hydrogen-bond acceptors (Lipinski definition) is 5. The van der Waals surface area contributed by atoms with Crippen LogP contribution in [0.25, 0.3) is 0 Å². The standard InChI is InChI=1S/C12H21N3O2/c1-2-3-4-12-13-11(14-17-12)9-15-7-5-10(16)6-8-15/h10,16H,2-9H2,1H3. The first-order chi connectivity index (χ1) is 8.28. The minimum Gasteiger partial charge on any atom is -0.393 e. The summed E-state index contributed by atoms with van der Waals surface area (Å²) in [6, 6.07) is 0. The lowest BCUT2D eigenvalue weighted by Gasteiger charge is -2.28. The highest BCUT2D eigenvalue weighted by Crippen LogP contribution is 2.12. The molecule has 5 heteroatoms. The maximum atomic E-state index is 9.42. The number of aliphatic hydroxyl groups is 1. The topological polar surface area (TPSA) is 62.4 Å². The number of rotatable bonds is 5. The third kappa shape index (κ3) is 3.78. The molecule has 0 amide bonds. The molecule has 2 rings (SSSR count). The van der Waals surface area contributed by atoms with Gasteiger partial charge in [0, 0.05) is 19.5 Å². The SMILES string of the molecule is CCCCc1nc(CN2CCC(O)CC2)no1. The second kappa shape index (κ2) is 6.12. The van der Waals surface area contributed by atoms with Gasteiger partial charge in [0.1, 0.15) is 0 Å². The Balaban J connectivity index is 1.80. The fraction of sp³-hybridized carbons (Fsp3) is 0.833. The van der Waals surface area contributed by atoms with Crippen LogP contribution in [0.3, 0.4) is 0 Å². The van der Waals surface area contributed by atoms with Gasteiger partial charge < -0.3 is 9.63 Å². The third-order valence-electron chi connectivity index (χ3n) is 3.18. The number of aromatic nitrogens is 2. The van der Waals surface area contributed by atoms with E-state index in [1.807, 2.05) is 0 Å². The molecule has 1 N–H and O–H groups in total. The summed E-state index contributed by atoms with van der Waals surface area (Å²) in [7, 11) is 0. The van der Waals surface area contributed by atoms with Gasteiger partial charge in [0.25, 0.3) is 0 Å². The Hall–Kier alpha value is -0.940. The predicted octanol–water partition coefficient (Wildman–Crippen LogP) is 1.37. The molecule has 0 spiro atoms. The lowest BCUT2D eigenvalue weighted by molar-refractivity contribution is 0.0777. The second-order valence-electron chi connectivity index (χ2n) is 4.72. The number of aliphatic hydroxyl groups excluding tert-OH is 1. The molecule has 1 aliphatic rings. The Bertz CT molecular complexity index is 332. The molecular weight excluding hydrogens is 218 g/mol. The quantitative estimate of drug-likeness (QED) is 0.840. The average molecular weight is 239 g/mol. The van der Waals surface area contributed by atoms with E-state index in [-0.39, 0.29) is 6.10 Å². The molecule has 0 atom stereocenters. The van der Waals surface area contributed by atoms with Gasteiger partial charge in [0.05, 0.1) is 12.6 Å². The van der Waals surface area contributed by atoms with Gasteiger partial charge in [0.2, 0.25) is 5.89 Å². The van der Waals surface area contributed by atoms with E-state index in [0.717, 1.165) is 63.5 Å². The van der Waals surface area contributed by atoms with Crippen LogP contribution < -0.4 is 0 Å². The van der Waals surface area contributed by atoms with Crippen LogP contribution in [0, 0.1) is 0 Å². The maximum Gasteiger partial charge on any atom is 0.226 e. The molecule has 2 heterocycles. The third-order valence-corrected chi connectivity index (χ3v) is 3.18. The minimum absolute atomic E-state index is 0.128. The maximum absolute atomic E-state index is 9.42. The van der Waals surface area contributed by atoms with Crippen LogP contribution >= 0.6 is 0 Å². The first-order valence-corrected chi connectivity index (χ1v) is 6.50. The van der Waals surface area contributed by atoms with Gasteiger partial charge in [-0.3, -0.25) is 4.90 Å². The van der Waals surface area contributed by atoms with Gasteiger partial charge in [-0.25, -0.2) is 0 Å². The summed E-state index contributed by atoms with van der Waals surface area (Å²) in [5.74, 6) is 1.52. The molecule has 1 aromatic heterocycles. The molecule has 17 heavy (non-hydrogen) atoms. The first kappa shape index (κ1) is 12.5. The zero-order valence-electron chi connectivity index (χ0n) is 10.4. The Morgan fingerprint density at radius 3 is 2.88 bits per heavy atom. The van der Waals surface area contributed by atoms with Gasteiger partial charge in [-0.15, -0.1) is 0 Å². The number of nitrogens with zero attached hydrogens (tertiary/aromatic N) is 3. The van der Waals surface area contributed by atoms with Gasteiger partial charge in [-0.2, -0.15) is 4.98 Å². The second-order valence-corrected chi connectivity index (χ2v) is 4.72. The Morgan fingerprint density at radius 1 is 1.41 bits per heavy atom.